The third-order valence-electron chi connectivity index (χ3n) is 4.34. The van der Waals surface area contributed by atoms with Crippen LogP contribution in [0.5, 0.6) is 5.75 Å². The predicted molar refractivity (Wildman–Crippen MR) is 88.7 cm³/mol. The van der Waals surface area contributed by atoms with Gasteiger partial charge in [-0.05, 0) is 23.6 Å². The van der Waals surface area contributed by atoms with Gasteiger partial charge in [-0.15, -0.1) is 0 Å². The van der Waals surface area contributed by atoms with Crippen molar-refractivity contribution in [2.24, 2.45) is 0 Å². The van der Waals surface area contributed by atoms with Crippen LogP contribution in [0, 0.1) is 0 Å². The van der Waals surface area contributed by atoms with E-state index in [1.807, 2.05) is 29.2 Å². The van der Waals surface area contributed by atoms with Crippen molar-refractivity contribution in [2.75, 3.05) is 33.3 Å². The molecule has 1 aromatic heterocycles. The highest BCUT2D eigenvalue weighted by molar-refractivity contribution is 5.80. The van der Waals surface area contributed by atoms with Crippen LogP contribution in [0.2, 0.25) is 0 Å². The van der Waals surface area contributed by atoms with Crippen molar-refractivity contribution in [1.29, 1.82) is 0 Å². The van der Waals surface area contributed by atoms with E-state index in [1.165, 1.54) is 0 Å². The lowest BCUT2D eigenvalue weighted by molar-refractivity contribution is -0.130. The quantitative estimate of drug-likeness (QED) is 0.924. The molecule has 1 aliphatic heterocycles. The number of ether oxygens (including phenoxy) is 1. The van der Waals surface area contributed by atoms with Crippen LogP contribution >= 0.6 is 0 Å². The fourth-order valence-electron chi connectivity index (χ4n) is 2.93. The molecule has 0 atom stereocenters. The van der Waals surface area contributed by atoms with Gasteiger partial charge in [0.1, 0.15) is 5.75 Å². The standard InChI is InChI=1S/C17H21N3O3/c1-12(21)20-7-5-19(6-8-20)11-14-9-13-3-4-15(23-2)10-16(13)18-17(14)22/h3-4,9-10H,5-8,11H2,1-2H3,(H,18,22). The van der Waals surface area contributed by atoms with Gasteiger partial charge >= 0.3 is 0 Å². The fraction of sp³-hybridized carbons (Fsp3) is 0.412. The number of rotatable bonds is 3. The summed E-state index contributed by atoms with van der Waals surface area (Å²) >= 11 is 0. The number of aromatic amines is 1. The van der Waals surface area contributed by atoms with Crippen LogP contribution in [-0.2, 0) is 11.3 Å². The third-order valence-corrected chi connectivity index (χ3v) is 4.34. The molecule has 1 aliphatic rings. The molecule has 0 aliphatic carbocycles. The van der Waals surface area contributed by atoms with E-state index in [2.05, 4.69) is 9.88 Å². The lowest BCUT2D eigenvalue weighted by Gasteiger charge is -2.34. The summed E-state index contributed by atoms with van der Waals surface area (Å²) in [4.78, 5) is 30.6. The summed E-state index contributed by atoms with van der Waals surface area (Å²) in [6, 6.07) is 7.59. The molecular weight excluding hydrogens is 294 g/mol. The highest BCUT2D eigenvalue weighted by Gasteiger charge is 2.19. The van der Waals surface area contributed by atoms with Crippen LogP contribution in [0.3, 0.4) is 0 Å². The Morgan fingerprint density at radius 2 is 1.96 bits per heavy atom. The van der Waals surface area contributed by atoms with Gasteiger partial charge in [0.05, 0.1) is 12.6 Å². The fourth-order valence-corrected chi connectivity index (χ4v) is 2.93. The second kappa shape index (κ2) is 6.42. The van der Waals surface area contributed by atoms with Crippen molar-refractivity contribution < 1.29 is 9.53 Å². The molecule has 1 N–H and O–H groups in total. The first-order valence-electron chi connectivity index (χ1n) is 7.74. The Morgan fingerprint density at radius 3 is 2.61 bits per heavy atom. The predicted octanol–water partition coefficient (Wildman–Crippen LogP) is 1.20. The number of aromatic nitrogens is 1. The van der Waals surface area contributed by atoms with E-state index in [4.69, 9.17) is 4.74 Å². The molecule has 23 heavy (non-hydrogen) atoms. The zero-order chi connectivity index (χ0) is 16.4. The summed E-state index contributed by atoms with van der Waals surface area (Å²) in [5.41, 5.74) is 1.46. The third kappa shape index (κ3) is 3.37. The van der Waals surface area contributed by atoms with Crippen molar-refractivity contribution in [3.8, 4) is 5.75 Å². The van der Waals surface area contributed by atoms with E-state index in [9.17, 15) is 9.59 Å². The molecule has 0 spiro atoms. The summed E-state index contributed by atoms with van der Waals surface area (Å²) in [5.74, 6) is 0.836. The van der Waals surface area contributed by atoms with Gasteiger partial charge in [0.15, 0.2) is 0 Å². The summed E-state index contributed by atoms with van der Waals surface area (Å²) in [6.45, 7) is 5.22. The van der Waals surface area contributed by atoms with Crippen molar-refractivity contribution in [3.63, 3.8) is 0 Å². The van der Waals surface area contributed by atoms with Crippen molar-refractivity contribution in [2.45, 2.75) is 13.5 Å². The van der Waals surface area contributed by atoms with Gasteiger partial charge in [0.25, 0.3) is 5.56 Å². The van der Waals surface area contributed by atoms with Gasteiger partial charge in [0.2, 0.25) is 5.91 Å². The maximum atomic E-state index is 12.3. The minimum Gasteiger partial charge on any atom is -0.497 e. The number of H-pyrrole nitrogens is 1. The molecule has 1 amide bonds. The minimum absolute atomic E-state index is 0.0697. The van der Waals surface area contributed by atoms with E-state index < -0.39 is 0 Å². The van der Waals surface area contributed by atoms with Gasteiger partial charge in [0, 0.05) is 51.3 Å². The first kappa shape index (κ1) is 15.6. The average molecular weight is 315 g/mol. The normalized spacial score (nSPS) is 15.8. The molecule has 3 rings (SSSR count). The Labute approximate surface area is 134 Å². The molecule has 6 nitrogen and oxygen atoms in total. The number of piperazine rings is 1. The summed E-state index contributed by atoms with van der Waals surface area (Å²) in [7, 11) is 1.61. The van der Waals surface area contributed by atoms with Crippen molar-refractivity contribution in [1.82, 2.24) is 14.8 Å². The molecule has 1 aromatic carbocycles. The Balaban J connectivity index is 1.77. The highest BCUT2D eigenvalue weighted by atomic mass is 16.5. The molecule has 0 radical (unpaired) electrons. The number of pyridine rings is 1. The lowest BCUT2D eigenvalue weighted by atomic mass is 10.1. The largest absolute Gasteiger partial charge is 0.497 e. The van der Waals surface area contributed by atoms with Crippen molar-refractivity contribution in [3.05, 3.63) is 40.2 Å². The minimum atomic E-state index is -0.0697. The molecule has 0 unspecified atom stereocenters. The smallest absolute Gasteiger partial charge is 0.252 e. The Morgan fingerprint density at radius 1 is 1.22 bits per heavy atom. The summed E-state index contributed by atoms with van der Waals surface area (Å²) < 4.78 is 5.18. The number of nitrogens with one attached hydrogen (secondary N) is 1. The number of nitrogens with zero attached hydrogens (tertiary/aromatic N) is 2. The number of hydrogen-bond acceptors (Lipinski definition) is 4. The number of fused-ring (bicyclic) bond motifs is 1. The molecule has 2 heterocycles. The van der Waals surface area contributed by atoms with E-state index in [0.29, 0.717) is 6.54 Å². The first-order chi connectivity index (χ1) is 11.1. The summed E-state index contributed by atoms with van der Waals surface area (Å²) in [5, 5.41) is 0.989. The van der Waals surface area contributed by atoms with Crippen LogP contribution < -0.4 is 10.3 Å². The number of carbonyl (C=O) groups excluding carboxylic acids is 1. The zero-order valence-corrected chi connectivity index (χ0v) is 13.5. The van der Waals surface area contributed by atoms with E-state index >= 15 is 0 Å². The van der Waals surface area contributed by atoms with E-state index in [1.54, 1.807) is 14.0 Å². The number of methoxy groups -OCH3 is 1. The SMILES string of the molecule is COc1ccc2cc(CN3CCN(C(C)=O)CC3)c(=O)[nH]c2c1. The van der Waals surface area contributed by atoms with Gasteiger partial charge < -0.3 is 14.6 Å². The highest BCUT2D eigenvalue weighted by Crippen LogP contribution is 2.19. The maximum absolute atomic E-state index is 12.3. The average Bonchev–Trinajstić information content (AvgIpc) is 2.55. The number of hydrogen-bond donors (Lipinski definition) is 1. The van der Waals surface area contributed by atoms with Crippen LogP contribution in [-0.4, -0.2) is 54.0 Å². The number of carbonyl (C=O) groups is 1. The first-order valence-corrected chi connectivity index (χ1v) is 7.74. The Bertz CT molecular complexity index is 776. The second-order valence-corrected chi connectivity index (χ2v) is 5.86. The molecule has 1 fully saturated rings. The monoisotopic (exact) mass is 315 g/mol. The van der Waals surface area contributed by atoms with Gasteiger partial charge in [-0.3, -0.25) is 14.5 Å². The maximum Gasteiger partial charge on any atom is 0.252 e. The van der Waals surface area contributed by atoms with Crippen LogP contribution in [0.1, 0.15) is 12.5 Å². The molecule has 0 saturated carbocycles. The molecule has 0 bridgehead atoms. The summed E-state index contributed by atoms with van der Waals surface area (Å²) in [6.07, 6.45) is 0. The van der Waals surface area contributed by atoms with Crippen LogP contribution in [0.15, 0.2) is 29.1 Å². The van der Waals surface area contributed by atoms with Crippen LogP contribution in [0.4, 0.5) is 0 Å². The van der Waals surface area contributed by atoms with Gasteiger partial charge in [-0.25, -0.2) is 0 Å². The Kier molecular flexibility index (Phi) is 4.34. The van der Waals surface area contributed by atoms with Crippen LogP contribution in [0.25, 0.3) is 10.9 Å². The Hall–Kier alpha value is -2.34. The van der Waals surface area contributed by atoms with Crippen molar-refractivity contribution >= 4 is 16.8 Å². The van der Waals surface area contributed by atoms with Gasteiger partial charge in [-0.2, -0.15) is 0 Å². The lowest BCUT2D eigenvalue weighted by Crippen LogP contribution is -2.47. The number of benzene rings is 1. The van der Waals surface area contributed by atoms with Gasteiger partial charge in [-0.1, -0.05) is 0 Å². The molecule has 122 valence electrons. The second-order valence-electron chi connectivity index (χ2n) is 5.86. The van der Waals surface area contributed by atoms with E-state index in [-0.39, 0.29) is 11.5 Å². The van der Waals surface area contributed by atoms with E-state index in [0.717, 1.165) is 48.4 Å². The number of amides is 1. The zero-order valence-electron chi connectivity index (χ0n) is 13.5. The topological polar surface area (TPSA) is 65.6 Å². The molecule has 1 saturated heterocycles. The molecule has 2 aromatic rings. The molecular formula is C17H21N3O3. The molecule has 6 heteroatoms.